The first-order valence-corrected chi connectivity index (χ1v) is 9.51. The molecule has 0 aliphatic rings. The van der Waals surface area contributed by atoms with Crippen LogP contribution in [0.5, 0.6) is 0 Å². The number of aromatic carboxylic acids is 2. The highest BCUT2D eigenvalue weighted by Crippen LogP contribution is 2.24. The molecule has 0 aliphatic heterocycles. The number of benzene rings is 1. The standard InChI is InChI=1S/C22H26O8/c1-3-19(23)29-13-7-5-9-15-16(10-6-8-14-30-20(24)4-2)18(22(27)28)12-11-17(15)21(25)26/h3-4,11-12H,1-2,5-10,13-14H2,(H,25,26)(H,27,28). The molecule has 0 unspecified atom stereocenters. The predicted octanol–water partition coefficient (Wildman–Crippen LogP) is 3.19. The minimum atomic E-state index is -1.14. The number of carbonyl (C=O) groups excluding carboxylic acids is 2. The Balaban J connectivity index is 2.93. The smallest absolute Gasteiger partial charge is 0.335 e. The summed E-state index contributed by atoms with van der Waals surface area (Å²) in [7, 11) is 0. The summed E-state index contributed by atoms with van der Waals surface area (Å²) in [6, 6.07) is 2.60. The van der Waals surface area contributed by atoms with Crippen molar-refractivity contribution in [3.63, 3.8) is 0 Å². The van der Waals surface area contributed by atoms with Crippen molar-refractivity contribution in [1.29, 1.82) is 0 Å². The molecule has 0 heterocycles. The predicted molar refractivity (Wildman–Crippen MR) is 109 cm³/mol. The minimum Gasteiger partial charge on any atom is -0.478 e. The van der Waals surface area contributed by atoms with Crippen molar-refractivity contribution in [2.45, 2.75) is 38.5 Å². The minimum absolute atomic E-state index is 0.0520. The summed E-state index contributed by atoms with van der Waals surface area (Å²) < 4.78 is 9.81. The highest BCUT2D eigenvalue weighted by atomic mass is 16.5. The number of hydrogen-bond donors (Lipinski definition) is 2. The molecule has 0 fully saturated rings. The van der Waals surface area contributed by atoms with E-state index >= 15 is 0 Å². The van der Waals surface area contributed by atoms with Gasteiger partial charge in [-0.15, -0.1) is 0 Å². The van der Waals surface area contributed by atoms with Gasteiger partial charge in [0.05, 0.1) is 24.3 Å². The van der Waals surface area contributed by atoms with Gasteiger partial charge in [0, 0.05) is 12.2 Å². The van der Waals surface area contributed by atoms with E-state index in [0.29, 0.717) is 49.7 Å². The van der Waals surface area contributed by atoms with Crippen LogP contribution in [0.2, 0.25) is 0 Å². The van der Waals surface area contributed by atoms with Crippen LogP contribution < -0.4 is 0 Å². The lowest BCUT2D eigenvalue weighted by Gasteiger charge is -2.16. The van der Waals surface area contributed by atoms with Crippen LogP contribution in [0.25, 0.3) is 0 Å². The molecule has 8 heteroatoms. The topological polar surface area (TPSA) is 127 Å². The van der Waals surface area contributed by atoms with Crippen LogP contribution in [0.4, 0.5) is 0 Å². The summed E-state index contributed by atoms with van der Waals surface area (Å²) in [6.07, 6.45) is 4.78. The number of carbonyl (C=O) groups is 4. The van der Waals surface area contributed by atoms with Gasteiger partial charge >= 0.3 is 23.9 Å². The first-order valence-electron chi connectivity index (χ1n) is 9.51. The van der Waals surface area contributed by atoms with Gasteiger partial charge in [-0.05, 0) is 61.8 Å². The van der Waals surface area contributed by atoms with Crippen molar-refractivity contribution >= 4 is 23.9 Å². The molecule has 1 rings (SSSR count). The van der Waals surface area contributed by atoms with Gasteiger partial charge in [-0.2, -0.15) is 0 Å². The van der Waals surface area contributed by atoms with E-state index in [9.17, 15) is 29.4 Å². The van der Waals surface area contributed by atoms with Crippen molar-refractivity contribution in [3.8, 4) is 0 Å². The van der Waals surface area contributed by atoms with Crippen LogP contribution in [-0.2, 0) is 31.9 Å². The van der Waals surface area contributed by atoms with Gasteiger partial charge in [0.25, 0.3) is 0 Å². The Labute approximate surface area is 174 Å². The Morgan fingerprint density at radius 1 is 0.733 bits per heavy atom. The van der Waals surface area contributed by atoms with Crippen LogP contribution in [0.15, 0.2) is 37.4 Å². The monoisotopic (exact) mass is 418 g/mol. The summed E-state index contributed by atoms with van der Waals surface area (Å²) in [6.45, 7) is 6.93. The zero-order chi connectivity index (χ0) is 22.5. The maximum atomic E-state index is 11.7. The fourth-order valence-electron chi connectivity index (χ4n) is 2.94. The summed E-state index contributed by atoms with van der Waals surface area (Å²) in [4.78, 5) is 45.5. The number of ether oxygens (including phenoxy) is 2. The summed E-state index contributed by atoms with van der Waals surface area (Å²) in [5.41, 5.74) is 1.02. The molecule has 0 bridgehead atoms. The molecule has 1 aromatic carbocycles. The maximum absolute atomic E-state index is 11.7. The third kappa shape index (κ3) is 7.90. The Hall–Kier alpha value is -3.42. The Kier molecular flexibility index (Phi) is 10.6. The van der Waals surface area contributed by atoms with Gasteiger partial charge in [-0.1, -0.05) is 13.2 Å². The van der Waals surface area contributed by atoms with Crippen molar-refractivity contribution < 1.29 is 38.9 Å². The second kappa shape index (κ2) is 12.9. The molecule has 0 aliphatic carbocycles. The normalized spacial score (nSPS) is 10.1. The lowest BCUT2D eigenvalue weighted by molar-refractivity contribution is -0.138. The number of carboxylic acid groups (broad SMARTS) is 2. The molecule has 1 aromatic rings. The fraction of sp³-hybridized carbons (Fsp3) is 0.364. The van der Waals surface area contributed by atoms with Crippen molar-refractivity contribution in [1.82, 2.24) is 0 Å². The SMILES string of the molecule is C=CC(=O)OCCCCc1c(C(=O)O)ccc(C(=O)O)c1CCCCOC(=O)C=C. The number of esters is 2. The van der Waals surface area contributed by atoms with Crippen LogP contribution in [-0.4, -0.2) is 47.3 Å². The van der Waals surface area contributed by atoms with Crippen LogP contribution in [0, 0.1) is 0 Å². The van der Waals surface area contributed by atoms with E-state index in [1.165, 1.54) is 12.1 Å². The fourth-order valence-corrected chi connectivity index (χ4v) is 2.94. The van der Waals surface area contributed by atoms with Gasteiger partial charge in [-0.25, -0.2) is 19.2 Å². The molecule has 0 radical (unpaired) electrons. The third-order valence-electron chi connectivity index (χ3n) is 4.36. The number of unbranched alkanes of at least 4 members (excludes halogenated alkanes) is 2. The van der Waals surface area contributed by atoms with Crippen molar-refractivity contribution in [2.75, 3.05) is 13.2 Å². The van der Waals surface area contributed by atoms with Gasteiger partial charge in [0.1, 0.15) is 0 Å². The molecule has 162 valence electrons. The average molecular weight is 418 g/mol. The summed E-state index contributed by atoms with van der Waals surface area (Å²) in [5.74, 6) is -3.35. The van der Waals surface area contributed by atoms with Gasteiger partial charge in [-0.3, -0.25) is 0 Å². The molecule has 0 saturated carbocycles. The Morgan fingerprint density at radius 2 is 1.10 bits per heavy atom. The summed E-state index contributed by atoms with van der Waals surface area (Å²) >= 11 is 0. The van der Waals surface area contributed by atoms with Crippen molar-refractivity contribution in [2.24, 2.45) is 0 Å². The zero-order valence-electron chi connectivity index (χ0n) is 16.7. The molecule has 2 N–H and O–H groups in total. The Bertz CT molecular complexity index is 743. The van der Waals surface area contributed by atoms with E-state index in [2.05, 4.69) is 13.2 Å². The molecule has 0 saturated heterocycles. The highest BCUT2D eigenvalue weighted by molar-refractivity contribution is 5.95. The molecular formula is C22H26O8. The number of hydrogen-bond acceptors (Lipinski definition) is 6. The Morgan fingerprint density at radius 3 is 1.40 bits per heavy atom. The maximum Gasteiger partial charge on any atom is 0.335 e. The first kappa shape index (κ1) is 24.6. The van der Waals surface area contributed by atoms with E-state index in [-0.39, 0.29) is 24.3 Å². The second-order valence-electron chi connectivity index (χ2n) is 6.39. The largest absolute Gasteiger partial charge is 0.478 e. The molecule has 30 heavy (non-hydrogen) atoms. The lowest BCUT2D eigenvalue weighted by atomic mass is 9.89. The van der Waals surface area contributed by atoms with E-state index < -0.39 is 23.9 Å². The summed E-state index contributed by atoms with van der Waals surface area (Å²) in [5, 5.41) is 19.1. The van der Waals surface area contributed by atoms with E-state index in [1.54, 1.807) is 0 Å². The molecule has 0 spiro atoms. The zero-order valence-corrected chi connectivity index (χ0v) is 16.7. The van der Waals surface area contributed by atoms with Gasteiger partial charge < -0.3 is 19.7 Å². The molecule has 0 aromatic heterocycles. The molecule has 8 nitrogen and oxygen atoms in total. The van der Waals surface area contributed by atoms with Gasteiger partial charge in [0.2, 0.25) is 0 Å². The van der Waals surface area contributed by atoms with Crippen LogP contribution in [0.1, 0.15) is 57.5 Å². The highest BCUT2D eigenvalue weighted by Gasteiger charge is 2.20. The second-order valence-corrected chi connectivity index (χ2v) is 6.39. The van der Waals surface area contributed by atoms with E-state index in [0.717, 1.165) is 12.2 Å². The molecule has 0 atom stereocenters. The van der Waals surface area contributed by atoms with Crippen molar-refractivity contribution in [3.05, 3.63) is 59.7 Å². The lowest BCUT2D eigenvalue weighted by Crippen LogP contribution is -2.13. The third-order valence-corrected chi connectivity index (χ3v) is 4.36. The molecule has 0 amide bonds. The average Bonchev–Trinajstić information content (AvgIpc) is 2.72. The van der Waals surface area contributed by atoms with E-state index in [1.807, 2.05) is 0 Å². The molecular weight excluding hydrogens is 392 g/mol. The van der Waals surface area contributed by atoms with E-state index in [4.69, 9.17) is 9.47 Å². The quantitative estimate of drug-likeness (QED) is 0.268. The van der Waals surface area contributed by atoms with Crippen LogP contribution in [0.3, 0.4) is 0 Å². The van der Waals surface area contributed by atoms with Gasteiger partial charge in [0.15, 0.2) is 0 Å². The van der Waals surface area contributed by atoms with Crippen LogP contribution >= 0.6 is 0 Å². The first-order chi connectivity index (χ1) is 14.3. The number of rotatable bonds is 14. The number of carboxylic acids is 2.